The van der Waals surface area contributed by atoms with E-state index < -0.39 is 0 Å². The summed E-state index contributed by atoms with van der Waals surface area (Å²) < 4.78 is 7.68. The third kappa shape index (κ3) is 3.25. The smallest absolute Gasteiger partial charge is 0.208 e. The van der Waals surface area contributed by atoms with Crippen molar-refractivity contribution >= 4 is 57.1 Å². The van der Waals surface area contributed by atoms with Crippen LogP contribution in [0.15, 0.2) is 47.1 Å². The van der Waals surface area contributed by atoms with Crippen molar-refractivity contribution in [2.45, 2.75) is 24.9 Å². The van der Waals surface area contributed by atoms with Gasteiger partial charge in [0.1, 0.15) is 10.7 Å². The van der Waals surface area contributed by atoms with Crippen molar-refractivity contribution in [3.05, 3.63) is 47.3 Å². The van der Waals surface area contributed by atoms with Crippen molar-refractivity contribution in [1.29, 1.82) is 0 Å². The second-order valence-corrected chi connectivity index (χ2v) is 8.44. The molecule has 140 valence electrons. The number of H-pyrrole nitrogens is 1. The molecule has 1 fully saturated rings. The van der Waals surface area contributed by atoms with Gasteiger partial charge in [-0.3, -0.25) is 3.11 Å². The number of anilines is 1. The van der Waals surface area contributed by atoms with E-state index in [-0.39, 0.29) is 12.1 Å². The molecule has 2 aromatic rings. The van der Waals surface area contributed by atoms with Gasteiger partial charge in [0.2, 0.25) is 5.96 Å². The molecule has 5 rings (SSSR count). The lowest BCUT2D eigenvalue weighted by Crippen LogP contribution is -2.35. The molecule has 1 aliphatic carbocycles. The number of allylic oxidation sites excluding steroid dienone is 2. The topological polar surface area (TPSA) is 65.5 Å². The molecule has 2 aromatic heterocycles. The largest absolute Gasteiger partial charge is 0.381 e. The Hall–Kier alpha value is -1.58. The molecule has 27 heavy (non-hydrogen) atoms. The number of pyridine rings is 1. The molecule has 2 aliphatic heterocycles. The summed E-state index contributed by atoms with van der Waals surface area (Å²) in [5, 5.41) is 3.90. The van der Waals surface area contributed by atoms with E-state index in [1.54, 1.807) is 6.07 Å². The fourth-order valence-electron chi connectivity index (χ4n) is 3.91. The number of fused-ring (bicyclic) bond motifs is 2. The Balaban J connectivity index is 1.37. The number of aromatic nitrogens is 2. The summed E-state index contributed by atoms with van der Waals surface area (Å²) >= 11 is 8.41. The van der Waals surface area contributed by atoms with E-state index in [9.17, 15) is 0 Å². The highest BCUT2D eigenvalue weighted by Crippen LogP contribution is 2.34. The maximum absolute atomic E-state index is 6.06. The number of aliphatic imine (C=N–C) groups is 1. The Kier molecular flexibility index (Phi) is 4.61. The van der Waals surface area contributed by atoms with E-state index >= 15 is 0 Å². The molecule has 3 aliphatic rings. The lowest BCUT2D eigenvalue weighted by molar-refractivity contribution is 0.0763. The van der Waals surface area contributed by atoms with E-state index in [0.717, 1.165) is 48.7 Å². The van der Waals surface area contributed by atoms with Gasteiger partial charge in [-0.15, -0.1) is 0 Å². The van der Waals surface area contributed by atoms with Gasteiger partial charge in [-0.25, -0.2) is 9.98 Å². The van der Waals surface area contributed by atoms with Gasteiger partial charge < -0.3 is 15.0 Å². The first kappa shape index (κ1) is 17.5. The summed E-state index contributed by atoms with van der Waals surface area (Å²) in [6.07, 6.45) is 10.9. The predicted octanol–water partition coefficient (Wildman–Crippen LogP) is 4.31. The van der Waals surface area contributed by atoms with Gasteiger partial charge in [-0.2, -0.15) is 0 Å². The van der Waals surface area contributed by atoms with Crippen LogP contribution in [-0.2, 0) is 4.74 Å². The van der Waals surface area contributed by atoms with E-state index in [2.05, 4.69) is 59.5 Å². The van der Waals surface area contributed by atoms with Crippen molar-refractivity contribution < 1.29 is 4.74 Å². The Morgan fingerprint density at radius 1 is 1.30 bits per heavy atom. The Morgan fingerprint density at radius 2 is 2.15 bits per heavy atom. The van der Waals surface area contributed by atoms with Crippen molar-refractivity contribution in [1.82, 2.24) is 13.1 Å². The van der Waals surface area contributed by atoms with Crippen molar-refractivity contribution in [2.24, 2.45) is 10.9 Å². The van der Waals surface area contributed by atoms with Crippen LogP contribution in [0.5, 0.6) is 0 Å². The molecule has 0 aromatic carbocycles. The molecule has 0 saturated carbocycles. The van der Waals surface area contributed by atoms with Gasteiger partial charge in [0.25, 0.3) is 0 Å². The minimum absolute atomic E-state index is 0.134. The number of halogens is 2. The Morgan fingerprint density at radius 3 is 3.00 bits per heavy atom. The zero-order valence-electron chi connectivity index (χ0n) is 14.5. The molecule has 0 amide bonds. The first-order valence-corrected chi connectivity index (χ1v) is 10.4. The predicted molar refractivity (Wildman–Crippen MR) is 116 cm³/mol. The number of hydrogen-bond donors (Lipinski definition) is 2. The van der Waals surface area contributed by atoms with E-state index in [0.29, 0.717) is 11.1 Å². The monoisotopic (exact) mass is 495 g/mol. The minimum atomic E-state index is 0.134. The van der Waals surface area contributed by atoms with Gasteiger partial charge in [-0.05, 0) is 36.5 Å². The first-order chi connectivity index (χ1) is 13.2. The van der Waals surface area contributed by atoms with Crippen molar-refractivity contribution in [2.75, 3.05) is 18.5 Å². The quantitative estimate of drug-likeness (QED) is 0.370. The molecular formula is C19H19ClIN5O. The number of nitrogens with one attached hydrogen (secondary N) is 2. The molecule has 2 N–H and O–H groups in total. The summed E-state index contributed by atoms with van der Waals surface area (Å²) in [7, 11) is 0. The van der Waals surface area contributed by atoms with Crippen LogP contribution in [0.1, 0.15) is 12.8 Å². The second kappa shape index (κ2) is 7.10. The molecule has 4 heterocycles. The maximum Gasteiger partial charge on any atom is 0.208 e. The maximum atomic E-state index is 6.06. The molecule has 1 saturated heterocycles. The fraction of sp³-hybridized carbons (Fsp3) is 0.368. The lowest BCUT2D eigenvalue weighted by Gasteiger charge is -2.29. The highest BCUT2D eigenvalue weighted by atomic mass is 127. The van der Waals surface area contributed by atoms with Gasteiger partial charge in [0.05, 0.1) is 46.2 Å². The van der Waals surface area contributed by atoms with E-state index in [4.69, 9.17) is 21.3 Å². The molecular weight excluding hydrogens is 477 g/mol. The Bertz CT molecular complexity index is 962. The van der Waals surface area contributed by atoms with Crippen LogP contribution in [0, 0.1) is 5.92 Å². The number of nitrogens with zero attached hydrogens (tertiary/aromatic N) is 3. The Labute approximate surface area is 176 Å². The fourth-order valence-corrected chi connectivity index (χ4v) is 4.79. The van der Waals surface area contributed by atoms with E-state index in [1.165, 1.54) is 5.57 Å². The van der Waals surface area contributed by atoms with Crippen molar-refractivity contribution in [3.63, 3.8) is 0 Å². The molecule has 0 radical (unpaired) electrons. The minimum Gasteiger partial charge on any atom is -0.381 e. The van der Waals surface area contributed by atoms with Crippen LogP contribution < -0.4 is 5.32 Å². The number of guanidine groups is 1. The zero-order valence-corrected chi connectivity index (χ0v) is 17.4. The molecule has 2 unspecified atom stereocenters. The second-order valence-electron chi connectivity index (χ2n) is 7.02. The third-order valence-electron chi connectivity index (χ3n) is 5.36. The average Bonchev–Trinajstić information content (AvgIpc) is 3.23. The van der Waals surface area contributed by atoms with Gasteiger partial charge in [0.15, 0.2) is 0 Å². The summed E-state index contributed by atoms with van der Waals surface area (Å²) in [4.78, 5) is 12.5. The number of rotatable bonds is 2. The summed E-state index contributed by atoms with van der Waals surface area (Å²) in [5.74, 6) is 1.43. The summed E-state index contributed by atoms with van der Waals surface area (Å²) in [5.41, 5.74) is 4.06. The standard InChI is InChI=1S/C19H19ClIN5O/c20-17-4-3-14-18(25-17)15(10-22-14)24-19-23-13-2-1-12(9-16(13)26(19)21)11-5-7-27-8-6-11/h1-4,9-11,13,16,22H,5-8H2,(H,23,24). The molecule has 8 heteroatoms. The third-order valence-corrected chi connectivity index (χ3v) is 6.67. The highest BCUT2D eigenvalue weighted by Gasteiger charge is 2.35. The van der Waals surface area contributed by atoms with Gasteiger partial charge >= 0.3 is 0 Å². The number of hydrogen-bond acceptors (Lipinski definition) is 5. The average molecular weight is 496 g/mol. The highest BCUT2D eigenvalue weighted by molar-refractivity contribution is 14.1. The molecule has 0 spiro atoms. The number of aromatic amines is 1. The van der Waals surface area contributed by atoms with Crippen molar-refractivity contribution in [3.8, 4) is 0 Å². The SMILES string of the molecule is Clc1ccc2[nH]cc(NC3=NC4C=CC(C5CCOCC5)=CC4N3I)c2n1. The first-order valence-electron chi connectivity index (χ1n) is 9.10. The van der Waals surface area contributed by atoms with Crippen LogP contribution in [-0.4, -0.2) is 44.3 Å². The zero-order chi connectivity index (χ0) is 18.4. The lowest BCUT2D eigenvalue weighted by atomic mass is 9.86. The molecule has 2 atom stereocenters. The van der Waals surface area contributed by atoms with Crippen LogP contribution >= 0.6 is 34.5 Å². The number of ether oxygens (including phenoxy) is 1. The molecule has 0 bridgehead atoms. The molecule has 6 nitrogen and oxygen atoms in total. The van der Waals surface area contributed by atoms with Crippen LogP contribution in [0.3, 0.4) is 0 Å². The van der Waals surface area contributed by atoms with Crippen LogP contribution in [0.25, 0.3) is 11.0 Å². The van der Waals surface area contributed by atoms with E-state index in [1.807, 2.05) is 12.3 Å². The van der Waals surface area contributed by atoms with Gasteiger partial charge in [-0.1, -0.05) is 29.8 Å². The van der Waals surface area contributed by atoms with Crippen LogP contribution in [0.2, 0.25) is 5.15 Å². The van der Waals surface area contributed by atoms with Gasteiger partial charge in [0, 0.05) is 19.4 Å². The summed E-state index contributed by atoms with van der Waals surface area (Å²) in [6.45, 7) is 1.72. The summed E-state index contributed by atoms with van der Waals surface area (Å²) in [6, 6.07) is 4.08. The normalized spacial score (nSPS) is 25.5. The van der Waals surface area contributed by atoms with Crippen LogP contribution in [0.4, 0.5) is 5.69 Å².